The summed E-state index contributed by atoms with van der Waals surface area (Å²) < 4.78 is 19.0. The predicted octanol–water partition coefficient (Wildman–Crippen LogP) is 4.79. The van der Waals surface area contributed by atoms with E-state index in [0.29, 0.717) is 16.5 Å². The Bertz CT molecular complexity index is 922. The maximum atomic E-state index is 14.3. The van der Waals surface area contributed by atoms with E-state index in [1.807, 2.05) is 6.07 Å². The molecule has 0 aromatic heterocycles. The molecule has 0 aliphatic heterocycles. The van der Waals surface area contributed by atoms with Crippen LogP contribution >= 0.6 is 11.6 Å². The maximum Gasteiger partial charge on any atom is 0.337 e. The molecule has 5 heteroatoms. The third kappa shape index (κ3) is 2.62. The molecular weight excluding hydrogens is 319 g/mol. The highest BCUT2D eigenvalue weighted by atomic mass is 35.5. The average molecular weight is 331 g/mol. The summed E-state index contributed by atoms with van der Waals surface area (Å²) in [6.45, 7) is 0. The molecule has 0 atom stereocenters. The van der Waals surface area contributed by atoms with Crippen LogP contribution in [0.15, 0.2) is 48.5 Å². The van der Waals surface area contributed by atoms with E-state index < -0.39 is 11.8 Å². The summed E-state index contributed by atoms with van der Waals surface area (Å²) in [5, 5.41) is 11.2. The normalized spacial score (nSPS) is 10.7. The number of fused-ring (bicyclic) bond motifs is 1. The summed E-state index contributed by atoms with van der Waals surface area (Å²) >= 11 is 6.08. The van der Waals surface area contributed by atoms with E-state index in [0.717, 1.165) is 11.5 Å². The van der Waals surface area contributed by atoms with Gasteiger partial charge in [0.15, 0.2) is 0 Å². The first kappa shape index (κ1) is 15.3. The summed E-state index contributed by atoms with van der Waals surface area (Å²) in [4.78, 5) is 11.7. The SMILES string of the molecule is COC(=O)c1ccc2cccc(-c3c(F)ccc(O)c3Cl)c2c1. The van der Waals surface area contributed by atoms with Crippen molar-refractivity contribution in [1.82, 2.24) is 0 Å². The Labute approximate surface area is 136 Å². The van der Waals surface area contributed by atoms with Gasteiger partial charge in [-0.05, 0) is 40.6 Å². The van der Waals surface area contributed by atoms with Gasteiger partial charge in [0.1, 0.15) is 11.6 Å². The number of ether oxygens (including phenoxy) is 1. The zero-order valence-corrected chi connectivity index (χ0v) is 12.9. The van der Waals surface area contributed by atoms with E-state index in [4.69, 9.17) is 16.3 Å². The van der Waals surface area contributed by atoms with E-state index in [-0.39, 0.29) is 16.3 Å². The first-order valence-electron chi connectivity index (χ1n) is 6.81. The zero-order chi connectivity index (χ0) is 16.6. The van der Waals surface area contributed by atoms with Crippen molar-refractivity contribution in [3.63, 3.8) is 0 Å². The van der Waals surface area contributed by atoms with Crippen LogP contribution in [0.4, 0.5) is 4.39 Å². The number of carbonyl (C=O) groups is 1. The van der Waals surface area contributed by atoms with Crippen molar-refractivity contribution < 1.29 is 19.0 Å². The van der Waals surface area contributed by atoms with Crippen LogP contribution in [-0.2, 0) is 4.74 Å². The van der Waals surface area contributed by atoms with Gasteiger partial charge in [0.05, 0.1) is 17.7 Å². The minimum absolute atomic E-state index is 0.0685. The van der Waals surface area contributed by atoms with Crippen molar-refractivity contribution in [2.24, 2.45) is 0 Å². The predicted molar refractivity (Wildman–Crippen MR) is 87.4 cm³/mol. The summed E-state index contributed by atoms with van der Waals surface area (Å²) in [5.41, 5.74) is 0.940. The summed E-state index contributed by atoms with van der Waals surface area (Å²) in [7, 11) is 1.30. The molecule has 0 amide bonds. The Morgan fingerprint density at radius 1 is 1.17 bits per heavy atom. The van der Waals surface area contributed by atoms with Crippen LogP contribution in [0.2, 0.25) is 5.02 Å². The number of methoxy groups -OCH3 is 1. The lowest BCUT2D eigenvalue weighted by Crippen LogP contribution is -2.00. The Kier molecular flexibility index (Phi) is 3.92. The number of rotatable bonds is 2. The minimum atomic E-state index is -0.552. The maximum absolute atomic E-state index is 14.3. The monoisotopic (exact) mass is 330 g/mol. The second-order valence-corrected chi connectivity index (χ2v) is 5.37. The second kappa shape index (κ2) is 5.89. The van der Waals surface area contributed by atoms with Gasteiger partial charge in [0.2, 0.25) is 0 Å². The van der Waals surface area contributed by atoms with Gasteiger partial charge in [0.25, 0.3) is 0 Å². The van der Waals surface area contributed by atoms with Crippen LogP contribution in [0, 0.1) is 5.82 Å². The molecule has 116 valence electrons. The zero-order valence-electron chi connectivity index (χ0n) is 12.1. The molecule has 3 rings (SSSR count). The number of hydrogen-bond acceptors (Lipinski definition) is 3. The molecule has 0 fully saturated rings. The van der Waals surface area contributed by atoms with E-state index in [1.54, 1.807) is 30.3 Å². The van der Waals surface area contributed by atoms with Crippen molar-refractivity contribution in [1.29, 1.82) is 0 Å². The lowest BCUT2D eigenvalue weighted by atomic mass is 9.96. The Morgan fingerprint density at radius 3 is 2.70 bits per heavy atom. The van der Waals surface area contributed by atoms with Crippen LogP contribution in [0.3, 0.4) is 0 Å². The van der Waals surface area contributed by atoms with Gasteiger partial charge >= 0.3 is 5.97 Å². The topological polar surface area (TPSA) is 46.5 Å². The average Bonchev–Trinajstić information content (AvgIpc) is 2.57. The molecule has 0 aliphatic carbocycles. The first-order valence-corrected chi connectivity index (χ1v) is 7.19. The largest absolute Gasteiger partial charge is 0.506 e. The van der Waals surface area contributed by atoms with Gasteiger partial charge in [0, 0.05) is 5.56 Å². The molecule has 0 heterocycles. The van der Waals surface area contributed by atoms with Crippen molar-refractivity contribution >= 4 is 28.3 Å². The van der Waals surface area contributed by atoms with Crippen LogP contribution in [-0.4, -0.2) is 18.2 Å². The van der Waals surface area contributed by atoms with Crippen LogP contribution in [0.1, 0.15) is 10.4 Å². The van der Waals surface area contributed by atoms with Crippen LogP contribution in [0.25, 0.3) is 21.9 Å². The van der Waals surface area contributed by atoms with Crippen LogP contribution in [0.5, 0.6) is 5.75 Å². The van der Waals surface area contributed by atoms with E-state index in [1.165, 1.54) is 13.2 Å². The van der Waals surface area contributed by atoms with E-state index >= 15 is 0 Å². The van der Waals surface area contributed by atoms with Gasteiger partial charge in [-0.25, -0.2) is 9.18 Å². The number of benzene rings is 3. The van der Waals surface area contributed by atoms with Gasteiger partial charge in [-0.15, -0.1) is 0 Å². The number of phenolic OH excluding ortho intramolecular Hbond substituents is 1. The molecule has 0 unspecified atom stereocenters. The fourth-order valence-electron chi connectivity index (χ4n) is 2.52. The van der Waals surface area contributed by atoms with Crippen molar-refractivity contribution in [3.05, 3.63) is 64.9 Å². The van der Waals surface area contributed by atoms with Gasteiger partial charge < -0.3 is 9.84 Å². The number of esters is 1. The molecule has 0 saturated carbocycles. The molecule has 3 nitrogen and oxygen atoms in total. The highest BCUT2D eigenvalue weighted by Crippen LogP contribution is 2.40. The first-order chi connectivity index (χ1) is 11.0. The third-order valence-corrected chi connectivity index (χ3v) is 4.03. The van der Waals surface area contributed by atoms with Gasteiger partial charge in [-0.2, -0.15) is 0 Å². The summed E-state index contributed by atoms with van der Waals surface area (Å²) in [5.74, 6) is -1.24. The smallest absolute Gasteiger partial charge is 0.337 e. The third-order valence-electron chi connectivity index (χ3n) is 3.64. The molecule has 0 radical (unpaired) electrons. The number of hydrogen-bond donors (Lipinski definition) is 1. The molecule has 0 saturated heterocycles. The molecular formula is C18H12ClFO3. The van der Waals surface area contributed by atoms with E-state index in [9.17, 15) is 14.3 Å². The Hall–Kier alpha value is -2.59. The fraction of sp³-hybridized carbons (Fsp3) is 0.0556. The number of phenols is 1. The Balaban J connectivity index is 2.34. The van der Waals surface area contributed by atoms with Crippen molar-refractivity contribution in [3.8, 4) is 16.9 Å². The van der Waals surface area contributed by atoms with E-state index in [2.05, 4.69) is 0 Å². The van der Waals surface area contributed by atoms with Gasteiger partial charge in [-0.3, -0.25) is 0 Å². The molecule has 23 heavy (non-hydrogen) atoms. The van der Waals surface area contributed by atoms with Gasteiger partial charge in [-0.1, -0.05) is 35.9 Å². The lowest BCUT2D eigenvalue weighted by Gasteiger charge is -2.12. The molecule has 0 aliphatic rings. The highest BCUT2D eigenvalue weighted by molar-refractivity contribution is 6.35. The highest BCUT2D eigenvalue weighted by Gasteiger charge is 2.17. The molecule has 1 N–H and O–H groups in total. The number of aromatic hydroxyl groups is 1. The standard InChI is InChI=1S/C18H12ClFO3/c1-23-18(22)11-6-5-10-3-2-4-12(13(10)9-11)16-14(20)7-8-15(21)17(16)19/h2-9,21H,1H3. The summed E-state index contributed by atoms with van der Waals surface area (Å²) in [6.07, 6.45) is 0. The lowest BCUT2D eigenvalue weighted by molar-refractivity contribution is 0.0601. The quantitative estimate of drug-likeness (QED) is 0.687. The Morgan fingerprint density at radius 2 is 1.96 bits per heavy atom. The fourth-order valence-corrected chi connectivity index (χ4v) is 2.78. The van der Waals surface area contributed by atoms with Crippen molar-refractivity contribution in [2.75, 3.05) is 7.11 Å². The second-order valence-electron chi connectivity index (χ2n) is 4.99. The number of carbonyl (C=O) groups excluding carboxylic acids is 1. The molecule has 0 spiro atoms. The molecule has 0 bridgehead atoms. The molecule has 3 aromatic carbocycles. The minimum Gasteiger partial charge on any atom is -0.506 e. The van der Waals surface area contributed by atoms with Crippen molar-refractivity contribution in [2.45, 2.75) is 0 Å². The van der Waals surface area contributed by atoms with Crippen LogP contribution < -0.4 is 0 Å². The summed E-state index contributed by atoms with van der Waals surface area (Å²) in [6, 6.07) is 12.6. The molecule has 3 aromatic rings. The number of halogens is 2.